The number of rotatable bonds is 4. The first-order chi connectivity index (χ1) is 13.7. The molecule has 2 N–H and O–H groups in total. The van der Waals surface area contributed by atoms with Crippen LogP contribution in [0.5, 0.6) is 5.75 Å². The van der Waals surface area contributed by atoms with E-state index in [1.54, 1.807) is 0 Å². The molecule has 0 aliphatic carbocycles. The number of imide groups is 1. The van der Waals surface area contributed by atoms with Crippen molar-refractivity contribution in [3.8, 4) is 5.75 Å². The van der Waals surface area contributed by atoms with E-state index in [1.165, 1.54) is 36.4 Å². The zero-order valence-electron chi connectivity index (χ0n) is 14.3. The molecule has 0 saturated heterocycles. The van der Waals surface area contributed by atoms with Crippen LogP contribution in [0.25, 0.3) is 10.2 Å². The number of carbonyl (C=O) groups excluding carboxylic acids is 3. The summed E-state index contributed by atoms with van der Waals surface area (Å²) >= 11 is 1.06. The highest BCUT2D eigenvalue weighted by atomic mass is 32.1. The number of alkyl halides is 3. The van der Waals surface area contributed by atoms with E-state index in [2.05, 4.69) is 15.6 Å². The summed E-state index contributed by atoms with van der Waals surface area (Å²) in [7, 11) is 0. The number of amides is 3. The van der Waals surface area contributed by atoms with Gasteiger partial charge in [0, 0.05) is 5.56 Å². The van der Waals surface area contributed by atoms with Crippen LogP contribution in [0.2, 0.25) is 0 Å². The molecule has 0 radical (unpaired) electrons. The number of carbonyl (C=O) groups is 3. The van der Waals surface area contributed by atoms with Crippen molar-refractivity contribution < 1.29 is 32.3 Å². The maximum atomic E-state index is 12.4. The quantitative estimate of drug-likeness (QED) is 0.630. The Morgan fingerprint density at radius 3 is 2.62 bits per heavy atom. The topological polar surface area (TPSA) is 97.4 Å². The van der Waals surface area contributed by atoms with Crippen LogP contribution in [-0.2, 0) is 0 Å². The van der Waals surface area contributed by atoms with E-state index in [-0.39, 0.29) is 27.6 Å². The maximum absolute atomic E-state index is 12.4. The highest BCUT2D eigenvalue weighted by Gasteiger charge is 2.29. The fraction of sp³-hybridized carbons (Fsp3) is 0.111. The molecule has 0 fully saturated rings. The lowest BCUT2D eigenvalue weighted by atomic mass is 10.1. The molecule has 7 nitrogen and oxygen atoms in total. The normalized spacial score (nSPS) is 13.3. The predicted molar refractivity (Wildman–Crippen MR) is 97.4 cm³/mol. The fourth-order valence-electron chi connectivity index (χ4n) is 2.69. The second-order valence-corrected chi connectivity index (χ2v) is 7.08. The molecule has 0 bridgehead atoms. The van der Waals surface area contributed by atoms with Crippen LogP contribution in [0.1, 0.15) is 31.1 Å². The third kappa shape index (κ3) is 3.90. The first kappa shape index (κ1) is 18.9. The van der Waals surface area contributed by atoms with Gasteiger partial charge in [-0.15, -0.1) is 0 Å². The van der Waals surface area contributed by atoms with Gasteiger partial charge in [-0.05, 0) is 36.4 Å². The van der Waals surface area contributed by atoms with E-state index in [9.17, 15) is 27.6 Å². The van der Waals surface area contributed by atoms with Gasteiger partial charge in [0.1, 0.15) is 5.75 Å². The van der Waals surface area contributed by atoms with E-state index in [1.807, 2.05) is 0 Å². The number of hydrogen-bond acceptors (Lipinski definition) is 6. The van der Waals surface area contributed by atoms with Gasteiger partial charge in [-0.25, -0.2) is 4.98 Å². The third-order valence-electron chi connectivity index (χ3n) is 3.98. The summed E-state index contributed by atoms with van der Waals surface area (Å²) in [5.74, 6) is -1.61. The van der Waals surface area contributed by atoms with Crippen molar-refractivity contribution in [2.45, 2.75) is 6.18 Å². The standard InChI is InChI=1S/C18H10F3N3O4S/c19-18(20,21)7-28-9-2-4-12-13(6-9)29-17(22-12)24-14(25)8-1-3-10-11(5-8)16(27)23-15(10)26/h1-6H,7H2,(H,22,24,25)(H,23,26,27). The summed E-state index contributed by atoms with van der Waals surface area (Å²) in [4.78, 5) is 39.9. The lowest BCUT2D eigenvalue weighted by molar-refractivity contribution is -0.153. The number of aromatic nitrogens is 1. The van der Waals surface area contributed by atoms with Crippen LogP contribution in [0.4, 0.5) is 18.3 Å². The van der Waals surface area contributed by atoms with Crippen molar-refractivity contribution in [3.63, 3.8) is 0 Å². The van der Waals surface area contributed by atoms with E-state index in [0.717, 1.165) is 11.3 Å². The molecular formula is C18H10F3N3O4S. The molecule has 0 saturated carbocycles. The molecule has 1 aliphatic heterocycles. The molecule has 3 aromatic rings. The minimum Gasteiger partial charge on any atom is -0.484 e. The SMILES string of the molecule is O=C(Nc1nc2ccc(OCC(F)(F)F)cc2s1)c1ccc2c(c1)C(=O)NC2=O. The summed E-state index contributed by atoms with van der Waals surface area (Å²) in [5, 5.41) is 4.93. The molecule has 29 heavy (non-hydrogen) atoms. The minimum atomic E-state index is -4.45. The molecule has 2 aromatic carbocycles. The number of nitrogens with one attached hydrogen (secondary N) is 2. The summed E-state index contributed by atoms with van der Waals surface area (Å²) in [6.45, 7) is -1.41. The lowest BCUT2D eigenvalue weighted by Crippen LogP contribution is -2.19. The van der Waals surface area contributed by atoms with Crippen molar-refractivity contribution in [2.24, 2.45) is 0 Å². The first-order valence-corrected chi connectivity index (χ1v) is 8.92. The monoisotopic (exact) mass is 421 g/mol. The molecule has 1 aromatic heterocycles. The fourth-order valence-corrected chi connectivity index (χ4v) is 3.58. The van der Waals surface area contributed by atoms with Crippen molar-refractivity contribution >= 4 is 44.4 Å². The van der Waals surface area contributed by atoms with Crippen LogP contribution >= 0.6 is 11.3 Å². The molecule has 4 rings (SSSR count). The number of benzene rings is 2. The van der Waals surface area contributed by atoms with Gasteiger partial charge in [-0.2, -0.15) is 13.2 Å². The molecule has 11 heteroatoms. The summed E-state index contributed by atoms with van der Waals surface area (Å²) in [6.07, 6.45) is -4.45. The molecular weight excluding hydrogens is 411 g/mol. The van der Waals surface area contributed by atoms with Gasteiger partial charge in [0.2, 0.25) is 0 Å². The number of nitrogens with zero attached hydrogens (tertiary/aromatic N) is 1. The molecule has 0 spiro atoms. The molecule has 0 unspecified atom stereocenters. The molecule has 3 amide bonds. The largest absolute Gasteiger partial charge is 0.484 e. The summed E-state index contributed by atoms with van der Waals surface area (Å²) in [5.41, 5.74) is 0.932. The maximum Gasteiger partial charge on any atom is 0.422 e. The van der Waals surface area contributed by atoms with Crippen LogP contribution in [0.15, 0.2) is 36.4 Å². The number of thiazole rings is 1. The predicted octanol–water partition coefficient (Wildman–Crippen LogP) is 3.37. The van der Waals surface area contributed by atoms with Crippen molar-refractivity contribution in [1.82, 2.24) is 10.3 Å². The van der Waals surface area contributed by atoms with Gasteiger partial charge in [0.25, 0.3) is 17.7 Å². The molecule has 2 heterocycles. The van der Waals surface area contributed by atoms with Crippen molar-refractivity contribution in [3.05, 3.63) is 53.1 Å². The van der Waals surface area contributed by atoms with Crippen molar-refractivity contribution in [1.29, 1.82) is 0 Å². The number of fused-ring (bicyclic) bond motifs is 2. The van der Waals surface area contributed by atoms with E-state index >= 15 is 0 Å². The van der Waals surface area contributed by atoms with Gasteiger partial charge >= 0.3 is 6.18 Å². The minimum absolute atomic E-state index is 0.0330. The Balaban J connectivity index is 1.52. The average Bonchev–Trinajstić information content (AvgIpc) is 3.18. The van der Waals surface area contributed by atoms with Gasteiger partial charge in [0.15, 0.2) is 11.7 Å². The zero-order valence-corrected chi connectivity index (χ0v) is 15.1. The Bertz CT molecular complexity index is 1170. The van der Waals surface area contributed by atoms with Gasteiger partial charge < -0.3 is 4.74 Å². The first-order valence-electron chi connectivity index (χ1n) is 8.11. The highest BCUT2D eigenvalue weighted by molar-refractivity contribution is 7.22. The second-order valence-electron chi connectivity index (χ2n) is 6.05. The third-order valence-corrected chi connectivity index (χ3v) is 4.91. The zero-order chi connectivity index (χ0) is 20.8. The van der Waals surface area contributed by atoms with Crippen LogP contribution in [-0.4, -0.2) is 35.5 Å². The molecule has 0 atom stereocenters. The molecule has 148 valence electrons. The summed E-state index contributed by atoms with van der Waals surface area (Å²) in [6, 6.07) is 8.34. The van der Waals surface area contributed by atoms with Crippen LogP contribution < -0.4 is 15.4 Å². The van der Waals surface area contributed by atoms with E-state index < -0.39 is 30.5 Å². The summed E-state index contributed by atoms with van der Waals surface area (Å²) < 4.78 is 42.0. The van der Waals surface area contributed by atoms with E-state index in [0.29, 0.717) is 10.2 Å². The molecule has 1 aliphatic rings. The van der Waals surface area contributed by atoms with Gasteiger partial charge in [0.05, 0.1) is 21.3 Å². The highest BCUT2D eigenvalue weighted by Crippen LogP contribution is 2.30. The number of halogens is 3. The Hall–Kier alpha value is -3.47. The van der Waals surface area contributed by atoms with Gasteiger partial charge in [-0.3, -0.25) is 25.0 Å². The van der Waals surface area contributed by atoms with Crippen LogP contribution in [0.3, 0.4) is 0 Å². The van der Waals surface area contributed by atoms with Gasteiger partial charge in [-0.1, -0.05) is 11.3 Å². The smallest absolute Gasteiger partial charge is 0.422 e. The Labute approximate surface area is 164 Å². The van der Waals surface area contributed by atoms with E-state index in [4.69, 9.17) is 4.74 Å². The number of anilines is 1. The Kier molecular flexibility index (Phi) is 4.46. The Morgan fingerprint density at radius 2 is 1.86 bits per heavy atom. The number of ether oxygens (including phenoxy) is 1. The number of hydrogen-bond donors (Lipinski definition) is 2. The second kappa shape index (κ2) is 6.85. The van der Waals surface area contributed by atoms with Crippen molar-refractivity contribution in [2.75, 3.05) is 11.9 Å². The van der Waals surface area contributed by atoms with Crippen LogP contribution in [0, 0.1) is 0 Å². The Morgan fingerprint density at radius 1 is 1.10 bits per heavy atom. The lowest BCUT2D eigenvalue weighted by Gasteiger charge is -2.08. The average molecular weight is 421 g/mol.